The zero-order valence-corrected chi connectivity index (χ0v) is 16.2. The van der Waals surface area contributed by atoms with Gasteiger partial charge in [-0.05, 0) is 43.0 Å². The summed E-state index contributed by atoms with van der Waals surface area (Å²) in [5.74, 6) is 2.00. The summed E-state index contributed by atoms with van der Waals surface area (Å²) in [5.41, 5.74) is 2.69. The number of ether oxygens (including phenoxy) is 1. The van der Waals surface area contributed by atoms with Crippen LogP contribution in [0.3, 0.4) is 0 Å². The van der Waals surface area contributed by atoms with Crippen LogP contribution in [0.1, 0.15) is 16.8 Å². The van der Waals surface area contributed by atoms with E-state index in [0.717, 1.165) is 35.8 Å². The minimum Gasteiger partial charge on any atom is -0.496 e. The van der Waals surface area contributed by atoms with Crippen LogP contribution >= 0.6 is 0 Å². The molecule has 0 saturated carbocycles. The summed E-state index contributed by atoms with van der Waals surface area (Å²) in [7, 11) is 1.68. The van der Waals surface area contributed by atoms with Crippen LogP contribution in [0.15, 0.2) is 54.6 Å². The Bertz CT molecular complexity index is 917. The molecule has 0 atom stereocenters. The van der Waals surface area contributed by atoms with E-state index in [-0.39, 0.29) is 5.82 Å². The third-order valence-electron chi connectivity index (χ3n) is 4.38. The summed E-state index contributed by atoms with van der Waals surface area (Å²) in [5, 5.41) is 6.52. The Morgan fingerprint density at radius 1 is 0.893 bits per heavy atom. The van der Waals surface area contributed by atoms with Gasteiger partial charge in [0.05, 0.1) is 7.11 Å². The number of benzene rings is 2. The van der Waals surface area contributed by atoms with Crippen LogP contribution in [-0.2, 0) is 12.8 Å². The summed E-state index contributed by atoms with van der Waals surface area (Å²) >= 11 is 0. The van der Waals surface area contributed by atoms with E-state index in [4.69, 9.17) is 4.74 Å². The van der Waals surface area contributed by atoms with E-state index in [1.165, 1.54) is 6.07 Å². The van der Waals surface area contributed by atoms with Crippen LogP contribution < -0.4 is 15.4 Å². The lowest BCUT2D eigenvalue weighted by molar-refractivity contribution is 0.410. The van der Waals surface area contributed by atoms with Crippen LogP contribution in [0.4, 0.5) is 16.2 Å². The van der Waals surface area contributed by atoms with E-state index in [0.29, 0.717) is 24.5 Å². The summed E-state index contributed by atoms with van der Waals surface area (Å²) in [6.45, 7) is 3.21. The van der Waals surface area contributed by atoms with Gasteiger partial charge in [-0.15, -0.1) is 0 Å². The van der Waals surface area contributed by atoms with Crippen molar-refractivity contribution in [3.05, 3.63) is 77.2 Å². The van der Waals surface area contributed by atoms with Crippen LogP contribution in [0.25, 0.3) is 0 Å². The number of hydrogen-bond acceptors (Lipinski definition) is 5. The van der Waals surface area contributed by atoms with Crippen LogP contribution in [0.2, 0.25) is 0 Å². The van der Waals surface area contributed by atoms with Crippen LogP contribution in [0, 0.1) is 12.7 Å². The van der Waals surface area contributed by atoms with Gasteiger partial charge in [0.15, 0.2) is 0 Å². The average molecular weight is 380 g/mol. The zero-order chi connectivity index (χ0) is 19.8. The number of methoxy groups -OCH3 is 1. The first kappa shape index (κ1) is 19.6. The quantitative estimate of drug-likeness (QED) is 0.581. The molecule has 0 spiro atoms. The number of hydrogen-bond donors (Lipinski definition) is 2. The molecule has 5 nitrogen and oxygen atoms in total. The first-order chi connectivity index (χ1) is 13.7. The Morgan fingerprint density at radius 3 is 2.36 bits per heavy atom. The number of anilines is 2. The maximum absolute atomic E-state index is 13.7. The zero-order valence-electron chi connectivity index (χ0n) is 16.2. The SMILES string of the molecule is COc1ccccc1CCNc1cc(C)nc(NCCc2ccccc2F)n1. The Kier molecular flexibility index (Phi) is 6.78. The lowest BCUT2D eigenvalue weighted by Gasteiger charge is -2.11. The lowest BCUT2D eigenvalue weighted by Crippen LogP contribution is -2.12. The number of nitrogens with one attached hydrogen (secondary N) is 2. The second-order valence-corrected chi connectivity index (χ2v) is 6.47. The van der Waals surface area contributed by atoms with Crippen molar-refractivity contribution in [3.63, 3.8) is 0 Å². The van der Waals surface area contributed by atoms with Crippen LogP contribution in [-0.4, -0.2) is 30.2 Å². The fraction of sp³-hybridized carbons (Fsp3) is 0.273. The van der Waals surface area contributed by atoms with Gasteiger partial charge in [-0.1, -0.05) is 36.4 Å². The van der Waals surface area contributed by atoms with Gasteiger partial charge in [0.1, 0.15) is 17.4 Å². The number of aryl methyl sites for hydroxylation is 1. The van der Waals surface area contributed by atoms with Crippen molar-refractivity contribution in [1.29, 1.82) is 0 Å². The summed E-state index contributed by atoms with van der Waals surface area (Å²) in [6.07, 6.45) is 1.39. The van der Waals surface area contributed by atoms with Gasteiger partial charge >= 0.3 is 0 Å². The normalized spacial score (nSPS) is 10.5. The average Bonchev–Trinajstić information content (AvgIpc) is 2.69. The highest BCUT2D eigenvalue weighted by Gasteiger charge is 2.05. The Hall–Kier alpha value is -3.15. The smallest absolute Gasteiger partial charge is 0.224 e. The lowest BCUT2D eigenvalue weighted by atomic mass is 10.1. The van der Waals surface area contributed by atoms with Gasteiger partial charge in [-0.25, -0.2) is 9.37 Å². The molecule has 2 aromatic carbocycles. The minimum absolute atomic E-state index is 0.187. The standard InChI is InChI=1S/C22H25FN4O/c1-16-15-21(24-13-12-18-8-4-6-10-20(18)28-2)27-22(26-16)25-14-11-17-7-3-5-9-19(17)23/h3-10,15H,11-14H2,1-2H3,(H2,24,25,26,27). The molecule has 0 fully saturated rings. The van der Waals surface area contributed by atoms with Crippen molar-refractivity contribution in [2.24, 2.45) is 0 Å². The molecular formula is C22H25FN4O. The maximum Gasteiger partial charge on any atom is 0.224 e. The van der Waals surface area contributed by atoms with Gasteiger partial charge in [0.25, 0.3) is 0 Å². The largest absolute Gasteiger partial charge is 0.496 e. The van der Waals surface area contributed by atoms with Crippen LogP contribution in [0.5, 0.6) is 5.75 Å². The topological polar surface area (TPSA) is 59.1 Å². The highest BCUT2D eigenvalue weighted by molar-refractivity contribution is 5.43. The molecule has 0 radical (unpaired) electrons. The molecule has 0 aliphatic rings. The van der Waals surface area contributed by atoms with E-state index >= 15 is 0 Å². The van der Waals surface area contributed by atoms with E-state index in [9.17, 15) is 4.39 Å². The third kappa shape index (κ3) is 5.42. The fourth-order valence-corrected chi connectivity index (χ4v) is 2.98. The number of aromatic nitrogens is 2. The van der Waals surface area contributed by atoms with Gasteiger partial charge in [-0.3, -0.25) is 0 Å². The second kappa shape index (κ2) is 9.69. The van der Waals surface area contributed by atoms with Gasteiger partial charge in [0.2, 0.25) is 5.95 Å². The molecule has 3 aromatic rings. The van der Waals surface area contributed by atoms with E-state index in [1.807, 2.05) is 37.3 Å². The molecule has 3 rings (SSSR count). The molecule has 0 bridgehead atoms. The van der Waals surface area contributed by atoms with Crippen molar-refractivity contribution < 1.29 is 9.13 Å². The van der Waals surface area contributed by atoms with Crippen molar-refractivity contribution in [2.45, 2.75) is 19.8 Å². The molecule has 0 aliphatic heterocycles. The summed E-state index contributed by atoms with van der Waals surface area (Å²) < 4.78 is 19.1. The third-order valence-corrected chi connectivity index (χ3v) is 4.38. The molecule has 1 heterocycles. The molecule has 0 amide bonds. The fourth-order valence-electron chi connectivity index (χ4n) is 2.98. The number of nitrogens with zero attached hydrogens (tertiary/aromatic N) is 2. The number of para-hydroxylation sites is 1. The molecule has 0 saturated heterocycles. The first-order valence-electron chi connectivity index (χ1n) is 9.34. The second-order valence-electron chi connectivity index (χ2n) is 6.47. The predicted octanol–water partition coefficient (Wildman–Crippen LogP) is 4.24. The summed E-state index contributed by atoms with van der Waals surface area (Å²) in [4.78, 5) is 8.91. The van der Waals surface area contributed by atoms with Crippen molar-refractivity contribution in [3.8, 4) is 5.75 Å². The van der Waals surface area contributed by atoms with Gasteiger partial charge in [0, 0.05) is 24.8 Å². The van der Waals surface area contributed by atoms with E-state index in [1.54, 1.807) is 19.2 Å². The van der Waals surface area contributed by atoms with Gasteiger partial charge < -0.3 is 15.4 Å². The number of halogens is 1. The van der Waals surface area contributed by atoms with Crippen molar-refractivity contribution in [1.82, 2.24) is 9.97 Å². The molecule has 2 N–H and O–H groups in total. The molecule has 146 valence electrons. The minimum atomic E-state index is -0.187. The number of rotatable bonds is 9. The molecule has 28 heavy (non-hydrogen) atoms. The molecule has 6 heteroatoms. The monoisotopic (exact) mass is 380 g/mol. The van der Waals surface area contributed by atoms with Crippen molar-refractivity contribution in [2.75, 3.05) is 30.8 Å². The highest BCUT2D eigenvalue weighted by atomic mass is 19.1. The Balaban J connectivity index is 1.55. The highest BCUT2D eigenvalue weighted by Crippen LogP contribution is 2.18. The van der Waals surface area contributed by atoms with Gasteiger partial charge in [-0.2, -0.15) is 4.98 Å². The predicted molar refractivity (Wildman–Crippen MR) is 111 cm³/mol. The molecule has 1 aromatic heterocycles. The molecular weight excluding hydrogens is 355 g/mol. The first-order valence-corrected chi connectivity index (χ1v) is 9.34. The maximum atomic E-state index is 13.7. The molecule has 0 unspecified atom stereocenters. The Labute approximate surface area is 165 Å². The van der Waals surface area contributed by atoms with E-state index < -0.39 is 0 Å². The van der Waals surface area contributed by atoms with Crippen molar-refractivity contribution >= 4 is 11.8 Å². The van der Waals surface area contributed by atoms with E-state index in [2.05, 4.69) is 26.7 Å². The summed E-state index contributed by atoms with van der Waals surface area (Å²) in [6, 6.07) is 16.7. The molecule has 0 aliphatic carbocycles. The Morgan fingerprint density at radius 2 is 1.57 bits per heavy atom.